The van der Waals surface area contributed by atoms with Crippen LogP contribution in [0.1, 0.15) is 30.9 Å². The fourth-order valence-corrected chi connectivity index (χ4v) is 2.55. The van der Waals surface area contributed by atoms with Crippen molar-refractivity contribution < 1.29 is 18.7 Å². The van der Waals surface area contributed by atoms with Gasteiger partial charge in [0.15, 0.2) is 0 Å². The highest BCUT2D eigenvalue weighted by Crippen LogP contribution is 2.40. The minimum absolute atomic E-state index is 0.00257. The van der Waals surface area contributed by atoms with E-state index >= 15 is 0 Å². The number of terminal acetylenes is 1. The zero-order chi connectivity index (χ0) is 17.9. The Morgan fingerprint density at radius 3 is 2.79 bits per heavy atom. The van der Waals surface area contributed by atoms with Gasteiger partial charge in [0.25, 0.3) is 0 Å². The minimum atomic E-state index is -0.911. The molecule has 0 fully saturated rings. The quantitative estimate of drug-likeness (QED) is 0.681. The summed E-state index contributed by atoms with van der Waals surface area (Å²) in [6, 6.07) is 5.83. The summed E-state index contributed by atoms with van der Waals surface area (Å²) < 4.78 is 24.2. The number of nitrogens with two attached hydrogens (primary N) is 1. The lowest BCUT2D eigenvalue weighted by molar-refractivity contribution is -0.139. The molecule has 0 spiro atoms. The maximum absolute atomic E-state index is 13.9. The van der Waals surface area contributed by atoms with Crippen molar-refractivity contribution in [3.63, 3.8) is 0 Å². The summed E-state index contributed by atoms with van der Waals surface area (Å²) in [6.45, 7) is 3.32. The van der Waals surface area contributed by atoms with Crippen LogP contribution in [0, 0.1) is 29.5 Å². The van der Waals surface area contributed by atoms with Gasteiger partial charge in [-0.25, -0.2) is 9.18 Å². The highest BCUT2D eigenvalue weighted by molar-refractivity contribution is 5.92. The second-order valence-electron chi connectivity index (χ2n) is 5.03. The van der Waals surface area contributed by atoms with E-state index < -0.39 is 17.7 Å². The smallest absolute Gasteiger partial charge is 0.338 e. The Bertz CT molecular complexity index is 841. The van der Waals surface area contributed by atoms with Crippen molar-refractivity contribution in [3.05, 3.63) is 57.9 Å². The van der Waals surface area contributed by atoms with Gasteiger partial charge in [-0.3, -0.25) is 0 Å². The third-order valence-corrected chi connectivity index (χ3v) is 3.52. The second-order valence-corrected chi connectivity index (χ2v) is 5.03. The van der Waals surface area contributed by atoms with E-state index in [1.54, 1.807) is 6.92 Å². The van der Waals surface area contributed by atoms with Crippen LogP contribution in [0.25, 0.3) is 0 Å². The van der Waals surface area contributed by atoms with Crippen LogP contribution in [-0.2, 0) is 14.3 Å². The molecule has 122 valence electrons. The summed E-state index contributed by atoms with van der Waals surface area (Å²) in [5.74, 6) is 0.243. The first-order valence-electron chi connectivity index (χ1n) is 7.15. The first kappa shape index (κ1) is 17.1. The maximum Gasteiger partial charge on any atom is 0.338 e. The molecule has 1 aromatic rings. The molecule has 0 aliphatic carbocycles. The molecule has 0 saturated heterocycles. The van der Waals surface area contributed by atoms with Crippen LogP contribution < -0.4 is 5.73 Å². The molecule has 0 bridgehead atoms. The summed E-state index contributed by atoms with van der Waals surface area (Å²) in [5, 5.41) is 9.43. The summed E-state index contributed by atoms with van der Waals surface area (Å²) in [5.41, 5.74) is 6.47. The SMILES string of the molecule is C#Cc1cc(F)cc(C2C(C#N)=C(N)OC(C)=C2C(=O)OCC)c1. The second kappa shape index (κ2) is 6.89. The first-order chi connectivity index (χ1) is 11.4. The van der Waals surface area contributed by atoms with Crippen LogP contribution in [0.15, 0.2) is 41.0 Å². The highest BCUT2D eigenvalue weighted by atomic mass is 19.1. The number of benzene rings is 1. The summed E-state index contributed by atoms with van der Waals surface area (Å²) >= 11 is 0. The van der Waals surface area contributed by atoms with Gasteiger partial charge in [0.2, 0.25) is 5.88 Å². The van der Waals surface area contributed by atoms with Gasteiger partial charge in [-0.2, -0.15) is 5.26 Å². The molecule has 1 aromatic carbocycles. The van der Waals surface area contributed by atoms with Gasteiger partial charge in [-0.15, -0.1) is 6.42 Å². The fourth-order valence-electron chi connectivity index (χ4n) is 2.55. The number of nitrogens with zero attached hydrogens (tertiary/aromatic N) is 1. The predicted molar refractivity (Wildman–Crippen MR) is 84.3 cm³/mol. The molecule has 0 saturated carbocycles. The Labute approximate surface area is 139 Å². The molecule has 2 rings (SSSR count). The molecule has 1 atom stereocenters. The topological polar surface area (TPSA) is 85.3 Å². The number of hydrogen-bond acceptors (Lipinski definition) is 5. The average molecular weight is 326 g/mol. The molecule has 0 radical (unpaired) electrons. The van der Waals surface area contributed by atoms with E-state index in [1.165, 1.54) is 25.1 Å². The van der Waals surface area contributed by atoms with Gasteiger partial charge < -0.3 is 15.2 Å². The lowest BCUT2D eigenvalue weighted by Crippen LogP contribution is -2.25. The van der Waals surface area contributed by atoms with Gasteiger partial charge in [0, 0.05) is 5.56 Å². The summed E-state index contributed by atoms with van der Waals surface area (Å²) in [4.78, 5) is 12.3. The monoisotopic (exact) mass is 326 g/mol. The number of allylic oxidation sites excluding steroid dienone is 2. The van der Waals surface area contributed by atoms with E-state index in [1.807, 2.05) is 6.07 Å². The maximum atomic E-state index is 13.9. The van der Waals surface area contributed by atoms with Crippen LogP contribution >= 0.6 is 0 Å². The van der Waals surface area contributed by atoms with E-state index in [2.05, 4.69) is 5.92 Å². The van der Waals surface area contributed by atoms with Crippen molar-refractivity contribution in [1.29, 1.82) is 5.26 Å². The Morgan fingerprint density at radius 2 is 2.21 bits per heavy atom. The molecule has 2 N–H and O–H groups in total. The number of carbonyl (C=O) groups is 1. The molecule has 1 aliphatic heterocycles. The first-order valence-corrected chi connectivity index (χ1v) is 7.15. The normalized spacial score (nSPS) is 17.0. The molecular weight excluding hydrogens is 311 g/mol. The third kappa shape index (κ3) is 3.09. The third-order valence-electron chi connectivity index (χ3n) is 3.52. The zero-order valence-electron chi connectivity index (χ0n) is 13.2. The van der Waals surface area contributed by atoms with Crippen molar-refractivity contribution in [3.8, 4) is 18.4 Å². The van der Waals surface area contributed by atoms with E-state index in [0.717, 1.165) is 0 Å². The Balaban J connectivity index is 2.70. The van der Waals surface area contributed by atoms with Gasteiger partial charge in [-0.1, -0.05) is 5.92 Å². The Hall–Kier alpha value is -3.25. The average Bonchev–Trinajstić information content (AvgIpc) is 2.53. The molecule has 1 unspecified atom stereocenters. The molecule has 6 heteroatoms. The van der Waals surface area contributed by atoms with E-state index in [4.69, 9.17) is 21.6 Å². The lowest BCUT2D eigenvalue weighted by atomic mass is 9.82. The van der Waals surface area contributed by atoms with Crippen molar-refractivity contribution in [2.24, 2.45) is 5.73 Å². The molecule has 0 aromatic heterocycles. The van der Waals surface area contributed by atoms with Crippen molar-refractivity contribution in [2.45, 2.75) is 19.8 Å². The number of ether oxygens (including phenoxy) is 2. The van der Waals surface area contributed by atoms with E-state index in [9.17, 15) is 14.4 Å². The lowest BCUT2D eigenvalue weighted by Gasteiger charge is -2.27. The molecule has 24 heavy (non-hydrogen) atoms. The van der Waals surface area contributed by atoms with Crippen LogP contribution in [0.3, 0.4) is 0 Å². The van der Waals surface area contributed by atoms with Crippen LogP contribution in [0.2, 0.25) is 0 Å². The van der Waals surface area contributed by atoms with Crippen molar-refractivity contribution in [2.75, 3.05) is 6.61 Å². The highest BCUT2D eigenvalue weighted by Gasteiger charge is 2.36. The van der Waals surface area contributed by atoms with Crippen molar-refractivity contribution >= 4 is 5.97 Å². The number of nitriles is 1. The number of halogens is 1. The molecule has 0 amide bonds. The van der Waals surface area contributed by atoms with Crippen molar-refractivity contribution in [1.82, 2.24) is 0 Å². The standard InChI is InChI=1S/C18H15FN2O3/c1-4-11-6-12(8-13(19)7-11)16-14(9-20)17(21)24-10(3)15(16)18(22)23-5-2/h1,6-8,16H,5,21H2,2-3H3. The van der Waals surface area contributed by atoms with E-state index in [0.29, 0.717) is 5.56 Å². The molecule has 1 aliphatic rings. The largest absolute Gasteiger partial charge is 0.463 e. The van der Waals surface area contributed by atoms with Gasteiger partial charge >= 0.3 is 5.97 Å². The predicted octanol–water partition coefficient (Wildman–Crippen LogP) is 2.45. The fraction of sp³-hybridized carbons (Fsp3) is 0.222. The molecular formula is C18H15FN2O3. The number of carbonyl (C=O) groups excluding carboxylic acids is 1. The number of rotatable bonds is 3. The minimum Gasteiger partial charge on any atom is -0.463 e. The molecule has 5 nitrogen and oxygen atoms in total. The summed E-state index contributed by atoms with van der Waals surface area (Å²) in [6.07, 6.45) is 5.33. The van der Waals surface area contributed by atoms with Crippen LogP contribution in [0.4, 0.5) is 4.39 Å². The van der Waals surface area contributed by atoms with Crippen LogP contribution in [-0.4, -0.2) is 12.6 Å². The van der Waals surface area contributed by atoms with Crippen LogP contribution in [0.5, 0.6) is 0 Å². The Morgan fingerprint density at radius 1 is 1.50 bits per heavy atom. The summed E-state index contributed by atoms with van der Waals surface area (Å²) in [7, 11) is 0. The Kier molecular flexibility index (Phi) is 4.91. The number of hydrogen-bond donors (Lipinski definition) is 1. The van der Waals surface area contributed by atoms with E-state index in [-0.39, 0.29) is 35.0 Å². The molecule has 1 heterocycles. The number of esters is 1. The zero-order valence-corrected chi connectivity index (χ0v) is 13.2. The van der Waals surface area contributed by atoms with Gasteiger partial charge in [-0.05, 0) is 37.6 Å². The van der Waals surface area contributed by atoms with Gasteiger partial charge in [0.05, 0.1) is 18.1 Å². The van der Waals surface area contributed by atoms with Gasteiger partial charge in [0.1, 0.15) is 23.2 Å².